The van der Waals surface area contributed by atoms with Gasteiger partial charge in [0.1, 0.15) is 0 Å². The second-order valence-corrected chi connectivity index (χ2v) is 7.02. The van der Waals surface area contributed by atoms with E-state index < -0.39 is 0 Å². The molecule has 5 nitrogen and oxygen atoms in total. The zero-order valence-corrected chi connectivity index (χ0v) is 15.4. The number of carbonyl (C=O) groups is 1. The molecule has 0 bridgehead atoms. The second-order valence-electron chi connectivity index (χ2n) is 6.58. The summed E-state index contributed by atoms with van der Waals surface area (Å²) in [5.41, 5.74) is 2.96. The van der Waals surface area contributed by atoms with E-state index in [-0.39, 0.29) is 11.8 Å². The first kappa shape index (κ1) is 17.7. The van der Waals surface area contributed by atoms with Gasteiger partial charge in [-0.3, -0.25) is 4.79 Å². The average Bonchev–Trinajstić information content (AvgIpc) is 2.60. The molecule has 132 valence electrons. The van der Waals surface area contributed by atoms with Gasteiger partial charge < -0.3 is 10.2 Å². The lowest BCUT2D eigenvalue weighted by molar-refractivity contribution is -0.125. The fourth-order valence-corrected chi connectivity index (χ4v) is 3.28. The lowest BCUT2D eigenvalue weighted by Crippen LogP contribution is -2.43. The summed E-state index contributed by atoms with van der Waals surface area (Å²) in [7, 11) is 0. The number of hydrogen-bond acceptors (Lipinski definition) is 4. The van der Waals surface area contributed by atoms with E-state index in [0.29, 0.717) is 18.1 Å². The van der Waals surface area contributed by atoms with Crippen LogP contribution in [0.25, 0.3) is 0 Å². The number of amides is 1. The van der Waals surface area contributed by atoms with Gasteiger partial charge in [0.25, 0.3) is 0 Å². The number of aromatic nitrogens is 2. The normalized spacial score (nSPS) is 17.4. The molecule has 2 heterocycles. The molecule has 1 saturated heterocycles. The van der Waals surface area contributed by atoms with Gasteiger partial charge >= 0.3 is 0 Å². The Bertz CT molecular complexity index is 727. The minimum atomic E-state index is -0.0366. The molecule has 1 amide bonds. The minimum absolute atomic E-state index is 0.0366. The Morgan fingerprint density at radius 3 is 2.60 bits per heavy atom. The molecule has 1 N–H and O–H groups in total. The van der Waals surface area contributed by atoms with Gasteiger partial charge in [-0.25, -0.2) is 9.97 Å². The van der Waals surface area contributed by atoms with Gasteiger partial charge in [-0.2, -0.15) is 0 Å². The van der Waals surface area contributed by atoms with Crippen LogP contribution in [0, 0.1) is 19.8 Å². The molecule has 1 aromatic heterocycles. The van der Waals surface area contributed by atoms with Crippen molar-refractivity contribution in [3.05, 3.63) is 52.3 Å². The van der Waals surface area contributed by atoms with Crippen LogP contribution in [0.5, 0.6) is 0 Å². The summed E-state index contributed by atoms with van der Waals surface area (Å²) in [4.78, 5) is 23.7. The molecule has 1 aliphatic rings. The molecule has 3 rings (SSSR count). The van der Waals surface area contributed by atoms with Crippen LogP contribution in [-0.4, -0.2) is 29.0 Å². The largest absolute Gasteiger partial charge is 0.352 e. The van der Waals surface area contributed by atoms with Crippen LogP contribution in [0.15, 0.2) is 30.3 Å². The second kappa shape index (κ2) is 7.83. The molecule has 25 heavy (non-hydrogen) atoms. The topological polar surface area (TPSA) is 58.1 Å². The third-order valence-electron chi connectivity index (χ3n) is 4.43. The van der Waals surface area contributed by atoms with Crippen molar-refractivity contribution in [2.45, 2.75) is 33.2 Å². The highest BCUT2D eigenvalue weighted by Gasteiger charge is 2.27. The van der Waals surface area contributed by atoms with Crippen LogP contribution in [0.2, 0.25) is 5.02 Å². The molecular formula is C19H23ClN4O. The third kappa shape index (κ3) is 4.69. The van der Waals surface area contributed by atoms with Crippen molar-refractivity contribution in [1.29, 1.82) is 0 Å². The Morgan fingerprint density at radius 2 is 1.92 bits per heavy atom. The summed E-state index contributed by atoms with van der Waals surface area (Å²) in [5, 5.41) is 3.73. The number of nitrogens with one attached hydrogen (secondary N) is 1. The summed E-state index contributed by atoms with van der Waals surface area (Å²) < 4.78 is 0. The maximum Gasteiger partial charge on any atom is 0.225 e. The van der Waals surface area contributed by atoms with Gasteiger partial charge in [0.05, 0.1) is 5.92 Å². The van der Waals surface area contributed by atoms with E-state index >= 15 is 0 Å². The maximum atomic E-state index is 12.5. The number of carbonyl (C=O) groups excluding carboxylic acids is 1. The van der Waals surface area contributed by atoms with Crippen LogP contribution in [-0.2, 0) is 11.3 Å². The highest BCUT2D eigenvalue weighted by molar-refractivity contribution is 6.30. The van der Waals surface area contributed by atoms with Crippen molar-refractivity contribution in [3.63, 3.8) is 0 Å². The van der Waals surface area contributed by atoms with Crippen LogP contribution < -0.4 is 10.2 Å². The van der Waals surface area contributed by atoms with Crippen molar-refractivity contribution in [3.8, 4) is 0 Å². The molecule has 0 spiro atoms. The molecule has 1 fully saturated rings. The van der Waals surface area contributed by atoms with E-state index in [9.17, 15) is 4.79 Å². The number of hydrogen-bond donors (Lipinski definition) is 1. The van der Waals surface area contributed by atoms with Crippen molar-refractivity contribution >= 4 is 23.5 Å². The average molecular weight is 359 g/mol. The Balaban J connectivity index is 1.60. The van der Waals surface area contributed by atoms with Gasteiger partial charge in [0.15, 0.2) is 0 Å². The van der Waals surface area contributed by atoms with Gasteiger partial charge in [0.2, 0.25) is 11.9 Å². The summed E-state index contributed by atoms with van der Waals surface area (Å²) >= 11 is 5.89. The summed E-state index contributed by atoms with van der Waals surface area (Å²) in [6.07, 6.45) is 1.86. The van der Waals surface area contributed by atoms with Crippen LogP contribution >= 0.6 is 11.6 Å². The Hall–Kier alpha value is -2.14. The highest BCUT2D eigenvalue weighted by atomic mass is 35.5. The van der Waals surface area contributed by atoms with E-state index in [1.807, 2.05) is 44.2 Å². The molecule has 1 atom stereocenters. The fraction of sp³-hybridized carbons (Fsp3) is 0.421. The molecule has 0 radical (unpaired) electrons. The first-order valence-electron chi connectivity index (χ1n) is 8.60. The number of benzene rings is 1. The first-order chi connectivity index (χ1) is 12.0. The molecule has 1 aliphatic heterocycles. The molecule has 2 aromatic rings. The number of rotatable bonds is 4. The van der Waals surface area contributed by atoms with E-state index in [1.54, 1.807) is 0 Å². The Kier molecular flexibility index (Phi) is 5.53. The third-order valence-corrected chi connectivity index (χ3v) is 4.68. The molecule has 0 aliphatic carbocycles. The number of aryl methyl sites for hydroxylation is 2. The molecule has 6 heteroatoms. The van der Waals surface area contributed by atoms with Gasteiger partial charge in [-0.1, -0.05) is 23.7 Å². The van der Waals surface area contributed by atoms with E-state index in [2.05, 4.69) is 20.2 Å². The lowest BCUT2D eigenvalue weighted by atomic mass is 9.97. The van der Waals surface area contributed by atoms with Crippen LogP contribution in [0.1, 0.15) is 29.8 Å². The summed E-state index contributed by atoms with van der Waals surface area (Å²) in [5.74, 6) is 0.780. The van der Waals surface area contributed by atoms with Gasteiger partial charge in [-0.15, -0.1) is 0 Å². The number of piperidine rings is 1. The molecule has 0 unspecified atom stereocenters. The van der Waals surface area contributed by atoms with Crippen molar-refractivity contribution in [2.75, 3.05) is 18.0 Å². The first-order valence-corrected chi connectivity index (χ1v) is 8.98. The van der Waals surface area contributed by atoms with E-state index in [1.165, 1.54) is 0 Å². The Morgan fingerprint density at radius 1 is 1.24 bits per heavy atom. The quantitative estimate of drug-likeness (QED) is 0.911. The van der Waals surface area contributed by atoms with Gasteiger partial charge in [0, 0.05) is 36.0 Å². The van der Waals surface area contributed by atoms with Crippen LogP contribution in [0.4, 0.5) is 5.95 Å². The number of nitrogens with zero attached hydrogens (tertiary/aromatic N) is 3. The molecule has 0 saturated carbocycles. The minimum Gasteiger partial charge on any atom is -0.352 e. The highest BCUT2D eigenvalue weighted by Crippen LogP contribution is 2.21. The standard InChI is InChI=1S/C19H23ClN4O/c1-13-10-14(2)23-19(22-13)24-9-3-4-16(12-24)18(25)21-11-15-5-7-17(20)8-6-15/h5-8,10,16H,3-4,9,11-12H2,1-2H3,(H,21,25)/t16-/m0/s1. The van der Waals surface area contributed by atoms with Crippen LogP contribution in [0.3, 0.4) is 0 Å². The monoisotopic (exact) mass is 358 g/mol. The summed E-state index contributed by atoms with van der Waals surface area (Å²) in [6, 6.07) is 9.49. The van der Waals surface area contributed by atoms with Gasteiger partial charge in [-0.05, 0) is 50.5 Å². The maximum absolute atomic E-state index is 12.5. The SMILES string of the molecule is Cc1cc(C)nc(N2CCC[C@H](C(=O)NCc3ccc(Cl)cc3)C2)n1. The predicted molar refractivity (Wildman–Crippen MR) is 99.7 cm³/mol. The van der Waals surface area contributed by atoms with Crippen molar-refractivity contribution < 1.29 is 4.79 Å². The predicted octanol–water partition coefficient (Wildman–Crippen LogP) is 3.28. The van der Waals surface area contributed by atoms with Crippen molar-refractivity contribution in [2.24, 2.45) is 5.92 Å². The number of anilines is 1. The zero-order chi connectivity index (χ0) is 17.8. The Labute approximate surface area is 153 Å². The summed E-state index contributed by atoms with van der Waals surface area (Å²) in [6.45, 7) is 6.02. The molecular weight excluding hydrogens is 336 g/mol. The number of halogens is 1. The molecule has 1 aromatic carbocycles. The fourth-order valence-electron chi connectivity index (χ4n) is 3.16. The van der Waals surface area contributed by atoms with Crippen molar-refractivity contribution in [1.82, 2.24) is 15.3 Å². The van der Waals surface area contributed by atoms with E-state index in [0.717, 1.165) is 42.3 Å². The van der Waals surface area contributed by atoms with E-state index in [4.69, 9.17) is 11.6 Å². The lowest BCUT2D eigenvalue weighted by Gasteiger charge is -2.32. The zero-order valence-electron chi connectivity index (χ0n) is 14.6. The smallest absolute Gasteiger partial charge is 0.225 e.